The zero-order valence-corrected chi connectivity index (χ0v) is 9.47. The van der Waals surface area contributed by atoms with E-state index in [1.165, 1.54) is 6.07 Å². The van der Waals surface area contributed by atoms with Gasteiger partial charge in [0.2, 0.25) is 0 Å². The summed E-state index contributed by atoms with van der Waals surface area (Å²) in [6, 6.07) is 5.00. The van der Waals surface area contributed by atoms with Crippen molar-refractivity contribution in [2.45, 2.75) is 6.61 Å². The maximum Gasteiger partial charge on any atom is 0.387 e. The molecule has 0 heterocycles. The molecule has 0 amide bonds. The molecule has 0 bridgehead atoms. The Hall–Kier alpha value is 0.0900. The lowest BCUT2D eigenvalue weighted by Crippen LogP contribution is -2.02. The van der Waals surface area contributed by atoms with Crippen molar-refractivity contribution in [2.75, 3.05) is 0 Å². The molecule has 0 aliphatic rings. The van der Waals surface area contributed by atoms with Gasteiger partial charge >= 0.3 is 6.61 Å². The fourth-order valence-electron chi connectivity index (χ4n) is 0.663. The average molecular weight is 349 g/mol. The van der Waals surface area contributed by atoms with Crippen LogP contribution in [0.3, 0.4) is 0 Å². The van der Waals surface area contributed by atoms with Crippen LogP contribution >= 0.6 is 38.5 Å². The van der Waals surface area contributed by atoms with Crippen molar-refractivity contribution in [3.8, 4) is 5.75 Å². The summed E-state index contributed by atoms with van der Waals surface area (Å²) in [6.07, 6.45) is 0. The van der Waals surface area contributed by atoms with Gasteiger partial charge in [-0.25, -0.2) is 0 Å². The Morgan fingerprint density at radius 2 is 2.08 bits per heavy atom. The number of alkyl halides is 2. The van der Waals surface area contributed by atoms with E-state index in [0.717, 1.165) is 3.57 Å². The van der Waals surface area contributed by atoms with Crippen molar-refractivity contribution in [1.29, 1.82) is 0 Å². The van der Waals surface area contributed by atoms with Crippen LogP contribution in [0.2, 0.25) is 0 Å². The van der Waals surface area contributed by atoms with Gasteiger partial charge < -0.3 is 4.74 Å². The first-order chi connectivity index (χ1) is 5.59. The minimum atomic E-state index is -2.78. The Kier molecular flexibility index (Phi) is 3.70. The van der Waals surface area contributed by atoms with Crippen molar-refractivity contribution in [1.82, 2.24) is 0 Å². The number of ether oxygens (including phenoxy) is 1. The zero-order valence-electron chi connectivity index (χ0n) is 5.73. The standard InChI is InChI=1S/C7H4BrF2IO/c8-5-2-1-4(11)3-6(5)12-7(9)10/h1-3,7H. The first-order valence-electron chi connectivity index (χ1n) is 2.99. The molecule has 12 heavy (non-hydrogen) atoms. The lowest BCUT2D eigenvalue weighted by Gasteiger charge is -2.06. The smallest absolute Gasteiger partial charge is 0.387 e. The number of hydrogen-bond acceptors (Lipinski definition) is 1. The first-order valence-corrected chi connectivity index (χ1v) is 4.86. The fourth-order valence-corrected chi connectivity index (χ4v) is 1.47. The van der Waals surface area contributed by atoms with Gasteiger partial charge in [-0.15, -0.1) is 0 Å². The minimum Gasteiger partial charge on any atom is -0.434 e. The van der Waals surface area contributed by atoms with Crippen molar-refractivity contribution in [3.63, 3.8) is 0 Å². The molecule has 0 N–H and O–H groups in total. The van der Waals surface area contributed by atoms with Gasteiger partial charge in [0.15, 0.2) is 0 Å². The Bertz CT molecular complexity index is 280. The van der Waals surface area contributed by atoms with Gasteiger partial charge in [0, 0.05) is 3.57 Å². The van der Waals surface area contributed by atoms with Crippen molar-refractivity contribution in [2.24, 2.45) is 0 Å². The molecule has 1 rings (SSSR count). The summed E-state index contributed by atoms with van der Waals surface area (Å²) < 4.78 is 29.2. The van der Waals surface area contributed by atoms with Crippen LogP contribution in [0, 0.1) is 3.57 Å². The minimum absolute atomic E-state index is 0.164. The second-order valence-corrected chi connectivity index (χ2v) is 4.05. The molecule has 0 fully saturated rings. The van der Waals surface area contributed by atoms with Crippen LogP contribution in [0.1, 0.15) is 0 Å². The maximum atomic E-state index is 11.8. The Morgan fingerprint density at radius 3 is 2.67 bits per heavy atom. The molecule has 1 nitrogen and oxygen atoms in total. The van der Waals surface area contributed by atoms with E-state index in [2.05, 4.69) is 20.7 Å². The van der Waals surface area contributed by atoms with E-state index in [0.29, 0.717) is 4.47 Å². The highest BCUT2D eigenvalue weighted by Gasteiger charge is 2.07. The van der Waals surface area contributed by atoms with Gasteiger partial charge in [0.25, 0.3) is 0 Å². The number of halogens is 4. The van der Waals surface area contributed by atoms with E-state index in [-0.39, 0.29) is 5.75 Å². The monoisotopic (exact) mass is 348 g/mol. The van der Waals surface area contributed by atoms with E-state index in [9.17, 15) is 8.78 Å². The highest BCUT2D eigenvalue weighted by molar-refractivity contribution is 14.1. The summed E-state index contributed by atoms with van der Waals surface area (Å²) in [5.74, 6) is 0.164. The molecule has 0 saturated heterocycles. The summed E-state index contributed by atoms with van der Waals surface area (Å²) in [7, 11) is 0. The molecule has 1 aromatic rings. The topological polar surface area (TPSA) is 9.23 Å². The van der Waals surface area contributed by atoms with Crippen molar-refractivity contribution < 1.29 is 13.5 Å². The molecule has 5 heteroatoms. The highest BCUT2D eigenvalue weighted by Crippen LogP contribution is 2.27. The van der Waals surface area contributed by atoms with Crippen LogP contribution < -0.4 is 4.74 Å². The van der Waals surface area contributed by atoms with Gasteiger partial charge in [-0.05, 0) is 56.7 Å². The second kappa shape index (κ2) is 4.36. The molecule has 0 unspecified atom stereocenters. The molecule has 0 aromatic heterocycles. The SMILES string of the molecule is FC(F)Oc1cc(I)ccc1Br. The molecule has 66 valence electrons. The Balaban J connectivity index is 2.90. The summed E-state index contributed by atoms with van der Waals surface area (Å²) >= 11 is 5.12. The Morgan fingerprint density at radius 1 is 1.42 bits per heavy atom. The summed E-state index contributed by atoms with van der Waals surface area (Å²) in [5.41, 5.74) is 0. The number of hydrogen-bond donors (Lipinski definition) is 0. The molecule has 0 aliphatic heterocycles. The second-order valence-electron chi connectivity index (χ2n) is 1.95. The zero-order chi connectivity index (χ0) is 9.14. The van der Waals surface area contributed by atoms with Crippen LogP contribution in [0.5, 0.6) is 5.75 Å². The molecular weight excluding hydrogens is 345 g/mol. The van der Waals surface area contributed by atoms with Gasteiger partial charge in [0.1, 0.15) is 5.75 Å². The third kappa shape index (κ3) is 2.85. The van der Waals surface area contributed by atoms with E-state index in [4.69, 9.17) is 0 Å². The molecule has 0 radical (unpaired) electrons. The molecule has 0 atom stereocenters. The largest absolute Gasteiger partial charge is 0.434 e. The quantitative estimate of drug-likeness (QED) is 0.741. The molecule has 1 aromatic carbocycles. The van der Waals surface area contributed by atoms with E-state index < -0.39 is 6.61 Å². The van der Waals surface area contributed by atoms with Gasteiger partial charge in [-0.2, -0.15) is 8.78 Å². The van der Waals surface area contributed by atoms with E-state index in [1.807, 2.05) is 22.6 Å². The van der Waals surface area contributed by atoms with Gasteiger partial charge in [-0.3, -0.25) is 0 Å². The van der Waals surface area contributed by atoms with Crippen molar-refractivity contribution >= 4 is 38.5 Å². The molecule has 0 aliphatic carbocycles. The number of benzene rings is 1. The molecule has 0 saturated carbocycles. The van der Waals surface area contributed by atoms with E-state index in [1.54, 1.807) is 12.1 Å². The predicted molar refractivity (Wildman–Crippen MR) is 53.5 cm³/mol. The average Bonchev–Trinajstić information content (AvgIpc) is 1.96. The van der Waals surface area contributed by atoms with E-state index >= 15 is 0 Å². The summed E-state index contributed by atoms with van der Waals surface area (Å²) in [6.45, 7) is -2.78. The van der Waals surface area contributed by atoms with Gasteiger partial charge in [0.05, 0.1) is 4.47 Å². The lowest BCUT2D eigenvalue weighted by atomic mass is 10.3. The third-order valence-electron chi connectivity index (χ3n) is 1.11. The highest BCUT2D eigenvalue weighted by atomic mass is 127. The number of rotatable bonds is 2. The van der Waals surface area contributed by atoms with Crippen LogP contribution in [-0.4, -0.2) is 6.61 Å². The summed E-state index contributed by atoms with van der Waals surface area (Å²) in [5, 5.41) is 0. The first kappa shape index (κ1) is 10.2. The maximum absolute atomic E-state index is 11.8. The molecular formula is C7H4BrF2IO. The fraction of sp³-hybridized carbons (Fsp3) is 0.143. The predicted octanol–water partition coefficient (Wildman–Crippen LogP) is 3.66. The van der Waals surface area contributed by atoms with Gasteiger partial charge in [-0.1, -0.05) is 0 Å². The molecule has 0 spiro atoms. The third-order valence-corrected chi connectivity index (χ3v) is 2.44. The Labute approximate surface area is 90.4 Å². The summed E-state index contributed by atoms with van der Waals surface area (Å²) in [4.78, 5) is 0. The van der Waals surface area contributed by atoms with Crippen LogP contribution in [0.4, 0.5) is 8.78 Å². The van der Waals surface area contributed by atoms with Crippen LogP contribution in [0.25, 0.3) is 0 Å². The van der Waals surface area contributed by atoms with Crippen LogP contribution in [0.15, 0.2) is 22.7 Å². The van der Waals surface area contributed by atoms with Crippen LogP contribution in [-0.2, 0) is 0 Å². The normalized spacial score (nSPS) is 10.4. The lowest BCUT2D eigenvalue weighted by molar-refractivity contribution is -0.0503. The van der Waals surface area contributed by atoms with Crippen molar-refractivity contribution in [3.05, 3.63) is 26.2 Å².